The summed E-state index contributed by atoms with van der Waals surface area (Å²) in [4.78, 5) is 11.8. The van der Waals surface area contributed by atoms with Crippen molar-refractivity contribution in [3.63, 3.8) is 0 Å². The van der Waals surface area contributed by atoms with Crippen molar-refractivity contribution < 1.29 is 26.2 Å². The Hall–Kier alpha value is -4.53. The fourth-order valence-corrected chi connectivity index (χ4v) is 4.68. The van der Waals surface area contributed by atoms with E-state index in [-0.39, 0.29) is 26.8 Å². The molecule has 40 heavy (non-hydrogen) atoms. The second kappa shape index (κ2) is 12.5. The summed E-state index contributed by atoms with van der Waals surface area (Å²) in [6.45, 7) is 0. The minimum atomic E-state index is 0. The number of pyridine rings is 2. The van der Waals surface area contributed by atoms with E-state index in [1.165, 1.54) is 5.56 Å². The summed E-state index contributed by atoms with van der Waals surface area (Å²) in [7, 11) is 0. The smallest absolute Gasteiger partial charge is 0.136 e. The molecule has 1 N–H and O–H groups in total. The first-order valence-electron chi connectivity index (χ1n) is 12.9. The topological polar surface area (TPSA) is 49.2 Å². The Kier molecular flexibility index (Phi) is 8.49. The standard InChI is InChI=1S/C35H26N3O.Pt/c39-34-19-8-7-16-30(34)32-18-11-17-31(37-32)27-21-22-28(24-26-12-3-1-4-13-26)33(25-27)38(29-14-5-2-6-15-29)35-20-9-10-23-36-35;/h1-23,39H,24H2;/q-1;. The molecule has 0 aliphatic carbocycles. The summed E-state index contributed by atoms with van der Waals surface area (Å²) in [5.74, 6) is 1.01. The second-order valence-electron chi connectivity index (χ2n) is 9.19. The first kappa shape index (κ1) is 27.1. The maximum Gasteiger partial charge on any atom is 0.136 e. The van der Waals surface area contributed by atoms with Gasteiger partial charge in [-0.3, -0.25) is 4.98 Å². The number of aromatic nitrogens is 2. The molecule has 4 nitrogen and oxygen atoms in total. The van der Waals surface area contributed by atoms with Gasteiger partial charge in [0.25, 0.3) is 0 Å². The molecule has 0 saturated heterocycles. The molecule has 0 amide bonds. The van der Waals surface area contributed by atoms with Crippen LogP contribution in [0, 0.1) is 6.07 Å². The van der Waals surface area contributed by atoms with Gasteiger partial charge in [0.2, 0.25) is 0 Å². The minimum Gasteiger partial charge on any atom is -0.507 e. The predicted octanol–water partition coefficient (Wildman–Crippen LogP) is 8.37. The van der Waals surface area contributed by atoms with Crippen LogP contribution in [-0.2, 0) is 27.5 Å². The van der Waals surface area contributed by atoms with E-state index < -0.39 is 0 Å². The Labute approximate surface area is 248 Å². The van der Waals surface area contributed by atoms with E-state index in [1.54, 1.807) is 6.07 Å². The molecule has 0 saturated carbocycles. The third kappa shape index (κ3) is 5.88. The number of rotatable bonds is 7. The van der Waals surface area contributed by atoms with Crippen molar-refractivity contribution >= 4 is 17.2 Å². The molecule has 0 unspecified atom stereocenters. The maximum absolute atomic E-state index is 10.4. The maximum atomic E-state index is 10.4. The number of anilines is 3. The zero-order chi connectivity index (χ0) is 26.4. The van der Waals surface area contributed by atoms with Crippen LogP contribution in [0.4, 0.5) is 17.2 Å². The van der Waals surface area contributed by atoms with Gasteiger partial charge in [0.1, 0.15) is 11.6 Å². The number of phenolic OH excluding ortho intramolecular Hbond substituents is 1. The van der Waals surface area contributed by atoms with E-state index in [1.807, 2.05) is 85.1 Å². The summed E-state index contributed by atoms with van der Waals surface area (Å²) >= 11 is 0. The van der Waals surface area contributed by atoms with Gasteiger partial charge in [-0.25, -0.2) is 4.98 Å². The molecule has 0 atom stereocenters. The first-order chi connectivity index (χ1) is 19.3. The van der Waals surface area contributed by atoms with Crippen LogP contribution in [0.2, 0.25) is 0 Å². The molecular formula is C35H26N3OPt-. The van der Waals surface area contributed by atoms with Crippen LogP contribution in [0.3, 0.4) is 0 Å². The van der Waals surface area contributed by atoms with Gasteiger partial charge in [-0.1, -0.05) is 84.4 Å². The molecule has 0 bridgehead atoms. The van der Waals surface area contributed by atoms with E-state index >= 15 is 0 Å². The van der Waals surface area contributed by atoms with Crippen LogP contribution in [0.1, 0.15) is 11.1 Å². The molecule has 0 fully saturated rings. The average molecular weight is 700 g/mol. The molecule has 2 heterocycles. The first-order valence-corrected chi connectivity index (χ1v) is 12.9. The van der Waals surface area contributed by atoms with Crippen molar-refractivity contribution in [3.8, 4) is 28.3 Å². The zero-order valence-electron chi connectivity index (χ0n) is 21.6. The third-order valence-electron chi connectivity index (χ3n) is 6.57. The number of benzene rings is 4. The van der Waals surface area contributed by atoms with E-state index in [4.69, 9.17) is 9.97 Å². The molecule has 0 radical (unpaired) electrons. The van der Waals surface area contributed by atoms with Crippen LogP contribution < -0.4 is 4.90 Å². The summed E-state index contributed by atoms with van der Waals surface area (Å²) in [6, 6.07) is 47.6. The van der Waals surface area contributed by atoms with Gasteiger partial charge in [0.15, 0.2) is 0 Å². The van der Waals surface area contributed by atoms with Crippen LogP contribution in [0.25, 0.3) is 22.5 Å². The summed E-state index contributed by atoms with van der Waals surface area (Å²) in [6.07, 6.45) is 2.55. The van der Waals surface area contributed by atoms with Crippen LogP contribution in [0.5, 0.6) is 5.75 Å². The van der Waals surface area contributed by atoms with Gasteiger partial charge in [0.05, 0.1) is 5.69 Å². The molecule has 4 aromatic carbocycles. The molecule has 198 valence electrons. The molecule has 0 aliphatic heterocycles. The number of hydrogen-bond donors (Lipinski definition) is 1. The summed E-state index contributed by atoms with van der Waals surface area (Å²) in [5.41, 5.74) is 7.28. The van der Waals surface area contributed by atoms with Gasteiger partial charge >= 0.3 is 0 Å². The number of nitrogens with zero attached hydrogens (tertiary/aromatic N) is 3. The normalized spacial score (nSPS) is 10.5. The Bertz CT molecular complexity index is 1650. The largest absolute Gasteiger partial charge is 0.507 e. The molecule has 5 heteroatoms. The van der Waals surface area contributed by atoms with E-state index in [2.05, 4.69) is 59.5 Å². The average Bonchev–Trinajstić information content (AvgIpc) is 3.00. The Balaban J connectivity index is 0.00000323. The summed E-state index contributed by atoms with van der Waals surface area (Å²) < 4.78 is 0. The van der Waals surface area contributed by atoms with Gasteiger partial charge in [-0.05, 0) is 60.3 Å². The molecular weight excluding hydrogens is 673 g/mol. The van der Waals surface area contributed by atoms with Gasteiger partial charge < -0.3 is 10.0 Å². The van der Waals surface area contributed by atoms with Crippen molar-refractivity contribution in [3.05, 3.63) is 157 Å². The SMILES string of the molecule is Oc1ccccc1-c1cccc(-c2[c-]c(N(c3ccccc3)c3ccccn3)c(Cc3ccccc3)cc2)n1.[Pt]. The van der Waals surface area contributed by atoms with Crippen LogP contribution >= 0.6 is 0 Å². The van der Waals surface area contributed by atoms with E-state index in [0.717, 1.165) is 40.4 Å². The molecule has 0 spiro atoms. The third-order valence-corrected chi connectivity index (χ3v) is 6.57. The predicted molar refractivity (Wildman–Crippen MR) is 157 cm³/mol. The van der Waals surface area contributed by atoms with E-state index in [9.17, 15) is 5.11 Å². The van der Waals surface area contributed by atoms with Crippen molar-refractivity contribution in [2.45, 2.75) is 6.42 Å². The molecule has 6 rings (SSSR count). The van der Waals surface area contributed by atoms with Crippen LogP contribution in [-0.4, -0.2) is 15.1 Å². The number of phenols is 1. The fraction of sp³-hybridized carbons (Fsp3) is 0.0286. The summed E-state index contributed by atoms with van der Waals surface area (Å²) in [5, 5.41) is 10.4. The van der Waals surface area contributed by atoms with Gasteiger partial charge in [0, 0.05) is 38.5 Å². The molecule has 2 aromatic heterocycles. The number of hydrogen-bond acceptors (Lipinski definition) is 4. The van der Waals surface area contributed by atoms with Crippen molar-refractivity contribution in [1.29, 1.82) is 0 Å². The van der Waals surface area contributed by atoms with Crippen molar-refractivity contribution in [1.82, 2.24) is 9.97 Å². The molecule has 6 aromatic rings. The quantitative estimate of drug-likeness (QED) is 0.170. The monoisotopic (exact) mass is 699 g/mol. The van der Waals surface area contributed by atoms with Gasteiger partial charge in [-0.15, -0.1) is 29.3 Å². The minimum absolute atomic E-state index is 0. The number of para-hydroxylation sites is 2. The zero-order valence-corrected chi connectivity index (χ0v) is 23.9. The Morgan fingerprint density at radius 1 is 0.650 bits per heavy atom. The molecule has 0 aliphatic rings. The second-order valence-corrected chi connectivity index (χ2v) is 9.19. The van der Waals surface area contributed by atoms with Crippen molar-refractivity contribution in [2.24, 2.45) is 0 Å². The van der Waals surface area contributed by atoms with Gasteiger partial charge in [-0.2, -0.15) is 0 Å². The van der Waals surface area contributed by atoms with E-state index in [0.29, 0.717) is 11.3 Å². The Morgan fingerprint density at radius 2 is 1.35 bits per heavy atom. The fourth-order valence-electron chi connectivity index (χ4n) is 4.68. The van der Waals surface area contributed by atoms with Crippen LogP contribution in [0.15, 0.2) is 140 Å². The Morgan fingerprint density at radius 3 is 2.10 bits per heavy atom. The van der Waals surface area contributed by atoms with Crippen molar-refractivity contribution in [2.75, 3.05) is 4.90 Å². The number of aromatic hydroxyl groups is 1.